The monoisotopic (exact) mass is 444 g/mol. The molecule has 0 N–H and O–H groups in total. The molecule has 0 radical (unpaired) electrons. The van der Waals surface area contributed by atoms with Crippen molar-refractivity contribution >= 4 is 17.3 Å². The molecule has 0 aliphatic heterocycles. The van der Waals surface area contributed by atoms with E-state index in [9.17, 15) is 14.4 Å². The van der Waals surface area contributed by atoms with Gasteiger partial charge < -0.3 is 0 Å². The van der Waals surface area contributed by atoms with Gasteiger partial charge in [0, 0.05) is 17.9 Å². The number of ketones is 3. The van der Waals surface area contributed by atoms with Crippen LogP contribution in [-0.4, -0.2) is 17.3 Å². The molecule has 0 heterocycles. The predicted molar refractivity (Wildman–Crippen MR) is 136 cm³/mol. The van der Waals surface area contributed by atoms with Gasteiger partial charge in [-0.15, -0.1) is 0 Å². The fraction of sp³-hybridized carbons (Fsp3) is 0.690. The van der Waals surface area contributed by atoms with Gasteiger partial charge in [-0.2, -0.15) is 0 Å². The first-order valence-electron chi connectivity index (χ1n) is 12.8. The van der Waals surface area contributed by atoms with Gasteiger partial charge >= 0.3 is 0 Å². The van der Waals surface area contributed by atoms with Gasteiger partial charge in [0.15, 0.2) is 5.78 Å². The quantitative estimate of drug-likeness (QED) is 0.364. The third-order valence-corrected chi connectivity index (χ3v) is 6.14. The summed E-state index contributed by atoms with van der Waals surface area (Å²) in [5.41, 5.74) is 4.40. The highest BCUT2D eigenvalue weighted by Crippen LogP contribution is 2.37. The van der Waals surface area contributed by atoms with E-state index in [1.54, 1.807) is 0 Å². The van der Waals surface area contributed by atoms with Crippen LogP contribution in [0.1, 0.15) is 120 Å². The highest BCUT2D eigenvalue weighted by Gasteiger charge is 2.33. The van der Waals surface area contributed by atoms with Crippen molar-refractivity contribution in [2.24, 2.45) is 17.8 Å². The van der Waals surface area contributed by atoms with Crippen molar-refractivity contribution < 1.29 is 14.4 Å². The fourth-order valence-electron chi connectivity index (χ4n) is 4.89. The first-order chi connectivity index (χ1) is 15.2. The zero-order valence-corrected chi connectivity index (χ0v) is 22.3. The zero-order valence-electron chi connectivity index (χ0n) is 22.3. The van der Waals surface area contributed by atoms with Crippen LogP contribution in [-0.2, 0) is 16.0 Å². The van der Waals surface area contributed by atoms with Crippen LogP contribution in [0.4, 0.5) is 0 Å². The summed E-state index contributed by atoms with van der Waals surface area (Å²) >= 11 is 0. The van der Waals surface area contributed by atoms with E-state index in [2.05, 4.69) is 33.8 Å². The lowest BCUT2D eigenvalue weighted by atomic mass is 9.71. The van der Waals surface area contributed by atoms with Crippen molar-refractivity contribution in [1.29, 1.82) is 0 Å². The molecule has 1 aliphatic carbocycles. The Morgan fingerprint density at radius 3 is 2.06 bits per heavy atom. The fourth-order valence-corrected chi connectivity index (χ4v) is 4.89. The second kappa shape index (κ2) is 15.9. The molecule has 1 aromatic carbocycles. The Balaban J connectivity index is 0.00000177. The van der Waals surface area contributed by atoms with Crippen LogP contribution in [0.15, 0.2) is 12.1 Å². The summed E-state index contributed by atoms with van der Waals surface area (Å²) in [6.07, 6.45) is 6.46. The number of Topliss-reactive ketones (excluding diaryl/α,β-unsaturated/α-hetero) is 3. The molecule has 3 atom stereocenters. The average molecular weight is 445 g/mol. The number of carbonyl (C=O) groups is 3. The average Bonchev–Trinajstić information content (AvgIpc) is 2.73. The summed E-state index contributed by atoms with van der Waals surface area (Å²) in [4.78, 5) is 36.9. The topological polar surface area (TPSA) is 51.2 Å². The van der Waals surface area contributed by atoms with E-state index in [0.29, 0.717) is 12.3 Å². The number of carbonyl (C=O) groups excluding carboxylic acids is 3. The number of rotatable bonds is 9. The van der Waals surface area contributed by atoms with Gasteiger partial charge in [-0.05, 0) is 68.6 Å². The van der Waals surface area contributed by atoms with E-state index in [0.717, 1.165) is 43.2 Å². The van der Waals surface area contributed by atoms with E-state index in [1.807, 2.05) is 33.8 Å². The van der Waals surface area contributed by atoms with Gasteiger partial charge in [-0.3, -0.25) is 14.4 Å². The minimum Gasteiger partial charge on any atom is -0.300 e. The van der Waals surface area contributed by atoms with Gasteiger partial charge in [0.25, 0.3) is 0 Å². The molecule has 0 saturated heterocycles. The lowest BCUT2D eigenvalue weighted by Gasteiger charge is -2.32. The number of aryl methyl sites for hydroxylation is 2. The number of fused-ring (bicyclic) bond motifs is 1. The molecule has 3 heteroatoms. The normalized spacial score (nSPS) is 16.5. The first-order valence-corrected chi connectivity index (χ1v) is 12.8. The van der Waals surface area contributed by atoms with Crippen LogP contribution in [0.25, 0.3) is 0 Å². The molecule has 1 aliphatic rings. The summed E-state index contributed by atoms with van der Waals surface area (Å²) in [6.45, 7) is 18.0. The molecule has 0 amide bonds. The SMILES string of the molecule is CC.CCC.CCCC(CC1CC(=O)c2c(C)ccc(C)c2C1)C(CC)C(=O)CC(C)=O. The van der Waals surface area contributed by atoms with E-state index < -0.39 is 0 Å². The van der Waals surface area contributed by atoms with Crippen LogP contribution >= 0.6 is 0 Å². The van der Waals surface area contributed by atoms with E-state index >= 15 is 0 Å². The molecule has 2 rings (SSSR count). The van der Waals surface area contributed by atoms with Crippen LogP contribution < -0.4 is 0 Å². The third kappa shape index (κ3) is 9.00. The molecular weight excluding hydrogens is 396 g/mol. The molecular formula is C29H48O3. The molecule has 0 spiro atoms. The lowest BCUT2D eigenvalue weighted by molar-refractivity contribution is -0.129. The third-order valence-electron chi connectivity index (χ3n) is 6.14. The summed E-state index contributed by atoms with van der Waals surface area (Å²) in [7, 11) is 0. The van der Waals surface area contributed by atoms with Gasteiger partial charge in [0.1, 0.15) is 11.6 Å². The predicted octanol–water partition coefficient (Wildman–Crippen LogP) is 7.87. The van der Waals surface area contributed by atoms with Crippen molar-refractivity contribution in [3.63, 3.8) is 0 Å². The summed E-state index contributed by atoms with van der Waals surface area (Å²) in [6, 6.07) is 4.15. The summed E-state index contributed by atoms with van der Waals surface area (Å²) < 4.78 is 0. The molecule has 3 unspecified atom stereocenters. The number of hydrogen-bond acceptors (Lipinski definition) is 3. The highest BCUT2D eigenvalue weighted by molar-refractivity contribution is 6.00. The van der Waals surface area contributed by atoms with E-state index in [-0.39, 0.29) is 35.6 Å². The van der Waals surface area contributed by atoms with Crippen molar-refractivity contribution in [2.45, 2.75) is 114 Å². The molecule has 32 heavy (non-hydrogen) atoms. The van der Waals surface area contributed by atoms with E-state index in [4.69, 9.17) is 0 Å². The molecule has 182 valence electrons. The molecule has 0 saturated carbocycles. The number of hydrogen-bond donors (Lipinski definition) is 0. The van der Waals surface area contributed by atoms with Crippen LogP contribution in [0, 0.1) is 31.6 Å². The lowest BCUT2D eigenvalue weighted by Crippen LogP contribution is -2.30. The summed E-state index contributed by atoms with van der Waals surface area (Å²) in [5, 5.41) is 0. The molecule has 1 aromatic rings. The van der Waals surface area contributed by atoms with Gasteiger partial charge in [0.2, 0.25) is 0 Å². The Labute approximate surface area is 197 Å². The van der Waals surface area contributed by atoms with Gasteiger partial charge in [0.05, 0.1) is 6.42 Å². The standard InChI is InChI=1S/C24H34O3.C3H8.C2H6/c1-6-8-19(20(7-2)22(26)11-17(5)25)12-18-13-21-15(3)9-10-16(4)24(21)23(27)14-18;1-3-2;1-2/h9-10,18-20H,6-8,11-14H2,1-5H3;3H2,1-2H3;1-2H3. The van der Waals surface area contributed by atoms with Crippen molar-refractivity contribution in [3.8, 4) is 0 Å². The minimum atomic E-state index is -0.0658. The van der Waals surface area contributed by atoms with Gasteiger partial charge in [-0.1, -0.05) is 72.9 Å². The largest absolute Gasteiger partial charge is 0.300 e. The Bertz CT molecular complexity index is 732. The maximum absolute atomic E-state index is 12.8. The second-order valence-electron chi connectivity index (χ2n) is 9.10. The number of benzene rings is 1. The first kappa shape index (κ1) is 30.2. The van der Waals surface area contributed by atoms with Crippen molar-refractivity contribution in [3.05, 3.63) is 34.4 Å². The van der Waals surface area contributed by atoms with Crippen molar-refractivity contribution in [2.75, 3.05) is 0 Å². The second-order valence-corrected chi connectivity index (χ2v) is 9.10. The van der Waals surface area contributed by atoms with Gasteiger partial charge in [-0.25, -0.2) is 0 Å². The Morgan fingerprint density at radius 1 is 1.00 bits per heavy atom. The molecule has 3 nitrogen and oxygen atoms in total. The smallest absolute Gasteiger partial charge is 0.163 e. The summed E-state index contributed by atoms with van der Waals surface area (Å²) in [5.74, 6) is 0.766. The minimum absolute atomic E-state index is 0.0451. The zero-order chi connectivity index (χ0) is 24.8. The Kier molecular flexibility index (Phi) is 15.1. The van der Waals surface area contributed by atoms with Crippen LogP contribution in [0.5, 0.6) is 0 Å². The highest BCUT2D eigenvalue weighted by atomic mass is 16.1. The van der Waals surface area contributed by atoms with Crippen LogP contribution in [0.3, 0.4) is 0 Å². The maximum Gasteiger partial charge on any atom is 0.163 e. The molecule has 0 aromatic heterocycles. The Hall–Kier alpha value is -1.77. The Morgan fingerprint density at radius 2 is 1.56 bits per heavy atom. The van der Waals surface area contributed by atoms with E-state index in [1.165, 1.54) is 24.5 Å². The maximum atomic E-state index is 12.8. The molecule has 0 fully saturated rings. The molecule has 0 bridgehead atoms. The van der Waals surface area contributed by atoms with Crippen LogP contribution in [0.2, 0.25) is 0 Å². The van der Waals surface area contributed by atoms with Crippen molar-refractivity contribution in [1.82, 2.24) is 0 Å².